The predicted octanol–water partition coefficient (Wildman–Crippen LogP) is 5.48. The SMILES string of the molecule is CC1(C)[C@H](C(=O)OC(C#N)c2ccc(F)c(Oc3ccccc3)c2)[C@@H]1/C=C/F. The van der Waals surface area contributed by atoms with E-state index in [1.165, 1.54) is 18.2 Å². The third-order valence-corrected chi connectivity index (χ3v) is 5.02. The topological polar surface area (TPSA) is 59.3 Å². The molecule has 0 heterocycles. The first-order valence-electron chi connectivity index (χ1n) is 8.78. The Morgan fingerprint density at radius 3 is 2.61 bits per heavy atom. The summed E-state index contributed by atoms with van der Waals surface area (Å²) in [6.45, 7) is 3.66. The van der Waals surface area contributed by atoms with E-state index in [4.69, 9.17) is 9.47 Å². The smallest absolute Gasteiger partial charge is 0.311 e. The summed E-state index contributed by atoms with van der Waals surface area (Å²) < 4.78 is 37.4. The van der Waals surface area contributed by atoms with Gasteiger partial charge in [0.05, 0.1) is 12.2 Å². The van der Waals surface area contributed by atoms with Crippen LogP contribution in [0.4, 0.5) is 8.78 Å². The van der Waals surface area contributed by atoms with Crippen molar-refractivity contribution in [2.45, 2.75) is 20.0 Å². The van der Waals surface area contributed by atoms with Crippen molar-refractivity contribution in [3.63, 3.8) is 0 Å². The minimum atomic E-state index is -1.22. The van der Waals surface area contributed by atoms with E-state index in [0.29, 0.717) is 17.6 Å². The Morgan fingerprint density at radius 2 is 1.96 bits per heavy atom. The third-order valence-electron chi connectivity index (χ3n) is 5.02. The highest BCUT2D eigenvalue weighted by atomic mass is 19.1. The molecule has 1 aliphatic rings. The van der Waals surface area contributed by atoms with E-state index in [1.807, 2.05) is 19.9 Å². The quantitative estimate of drug-likeness (QED) is 0.620. The van der Waals surface area contributed by atoms with E-state index in [0.717, 1.165) is 6.07 Å². The van der Waals surface area contributed by atoms with Gasteiger partial charge in [0.2, 0.25) is 6.10 Å². The Kier molecular flexibility index (Phi) is 5.46. The average molecular weight is 383 g/mol. The number of nitriles is 1. The number of hydrogen-bond donors (Lipinski definition) is 0. The number of ether oxygens (including phenoxy) is 2. The Balaban J connectivity index is 1.77. The normalized spacial score (nSPS) is 21.0. The fourth-order valence-electron chi connectivity index (χ4n) is 3.30. The van der Waals surface area contributed by atoms with Crippen LogP contribution < -0.4 is 4.74 Å². The summed E-state index contributed by atoms with van der Waals surface area (Å²) in [7, 11) is 0. The van der Waals surface area contributed by atoms with E-state index >= 15 is 0 Å². The van der Waals surface area contributed by atoms with Gasteiger partial charge in [-0.05, 0) is 35.6 Å². The predicted molar refractivity (Wildman–Crippen MR) is 98.4 cm³/mol. The fraction of sp³-hybridized carbons (Fsp3) is 0.273. The summed E-state index contributed by atoms with van der Waals surface area (Å²) in [5.41, 5.74) is -0.149. The lowest BCUT2D eigenvalue weighted by Crippen LogP contribution is -2.14. The molecule has 0 saturated heterocycles. The van der Waals surface area contributed by atoms with Gasteiger partial charge in [-0.15, -0.1) is 0 Å². The van der Waals surface area contributed by atoms with Crippen LogP contribution in [0, 0.1) is 34.4 Å². The van der Waals surface area contributed by atoms with Crippen molar-refractivity contribution in [3.05, 3.63) is 72.3 Å². The fourth-order valence-corrected chi connectivity index (χ4v) is 3.30. The highest BCUT2D eigenvalue weighted by Crippen LogP contribution is 2.59. The Morgan fingerprint density at radius 1 is 1.25 bits per heavy atom. The molecule has 0 aromatic heterocycles. The van der Waals surface area contributed by atoms with Gasteiger partial charge >= 0.3 is 5.97 Å². The van der Waals surface area contributed by atoms with E-state index in [9.17, 15) is 18.8 Å². The zero-order valence-electron chi connectivity index (χ0n) is 15.4. The van der Waals surface area contributed by atoms with E-state index < -0.39 is 29.2 Å². The van der Waals surface area contributed by atoms with E-state index in [2.05, 4.69) is 0 Å². The molecule has 2 aromatic rings. The Hall–Kier alpha value is -3.20. The molecule has 4 nitrogen and oxygen atoms in total. The standard InChI is InChI=1S/C22H19F2NO3/c1-22(2)16(10-11-23)20(22)21(26)28-19(13-25)14-8-9-17(24)18(12-14)27-15-6-4-3-5-7-15/h3-12,16,19-20H,1-2H3/b11-10+/t16-,19?,20-/m0/s1. The first-order chi connectivity index (χ1) is 13.4. The van der Waals surface area contributed by atoms with Gasteiger partial charge in [-0.3, -0.25) is 4.79 Å². The molecule has 2 aromatic carbocycles. The molecule has 0 spiro atoms. The second-order valence-corrected chi connectivity index (χ2v) is 7.19. The lowest BCUT2D eigenvalue weighted by Gasteiger charge is -2.14. The summed E-state index contributed by atoms with van der Waals surface area (Å²) in [4.78, 5) is 12.5. The van der Waals surface area contributed by atoms with Crippen molar-refractivity contribution in [1.29, 1.82) is 5.26 Å². The molecule has 6 heteroatoms. The number of nitrogens with zero attached hydrogens (tertiary/aromatic N) is 1. The second-order valence-electron chi connectivity index (χ2n) is 7.19. The average Bonchev–Trinajstić information content (AvgIpc) is 3.23. The maximum atomic E-state index is 14.1. The molecule has 3 rings (SSSR count). The number of esters is 1. The van der Waals surface area contributed by atoms with Gasteiger partial charge in [0, 0.05) is 5.56 Å². The summed E-state index contributed by atoms with van der Waals surface area (Å²) in [6.07, 6.45) is 0.503. The first-order valence-corrected chi connectivity index (χ1v) is 8.78. The Labute approximate surface area is 162 Å². The molecule has 1 aliphatic carbocycles. The van der Waals surface area contributed by atoms with Crippen molar-refractivity contribution < 1.29 is 23.0 Å². The molecule has 144 valence electrons. The summed E-state index contributed by atoms with van der Waals surface area (Å²) >= 11 is 0. The highest BCUT2D eigenvalue weighted by Gasteiger charge is 2.61. The van der Waals surface area contributed by atoms with Crippen molar-refractivity contribution in [3.8, 4) is 17.6 Å². The van der Waals surface area contributed by atoms with Crippen molar-refractivity contribution in [2.75, 3.05) is 0 Å². The minimum absolute atomic E-state index is 0.0787. The number of hydrogen-bond acceptors (Lipinski definition) is 4. The molecule has 0 radical (unpaired) electrons. The highest BCUT2D eigenvalue weighted by molar-refractivity contribution is 5.78. The lowest BCUT2D eigenvalue weighted by molar-refractivity contribution is -0.149. The van der Waals surface area contributed by atoms with Gasteiger partial charge < -0.3 is 9.47 Å². The maximum Gasteiger partial charge on any atom is 0.311 e. The molecule has 28 heavy (non-hydrogen) atoms. The van der Waals surface area contributed by atoms with Gasteiger partial charge in [-0.2, -0.15) is 5.26 Å². The molecule has 0 aliphatic heterocycles. The third kappa shape index (κ3) is 3.89. The van der Waals surface area contributed by atoms with Crippen LogP contribution in [0.5, 0.6) is 11.5 Å². The monoisotopic (exact) mass is 383 g/mol. The largest absolute Gasteiger partial charge is 0.454 e. The molecular weight excluding hydrogens is 364 g/mol. The number of para-hydroxylation sites is 1. The summed E-state index contributed by atoms with van der Waals surface area (Å²) in [6, 6.07) is 14.4. The zero-order valence-corrected chi connectivity index (χ0v) is 15.4. The molecule has 1 fully saturated rings. The maximum absolute atomic E-state index is 14.1. The van der Waals surface area contributed by atoms with Crippen LogP contribution in [0.3, 0.4) is 0 Å². The number of benzene rings is 2. The van der Waals surface area contributed by atoms with Crippen molar-refractivity contribution >= 4 is 5.97 Å². The van der Waals surface area contributed by atoms with Crippen LogP contribution >= 0.6 is 0 Å². The molecule has 3 atom stereocenters. The molecule has 1 unspecified atom stereocenters. The van der Waals surface area contributed by atoms with Crippen LogP contribution in [0.2, 0.25) is 0 Å². The van der Waals surface area contributed by atoms with Crippen molar-refractivity contribution in [1.82, 2.24) is 0 Å². The summed E-state index contributed by atoms with van der Waals surface area (Å²) in [5, 5.41) is 9.44. The van der Waals surface area contributed by atoms with Crippen LogP contribution in [-0.4, -0.2) is 5.97 Å². The number of halogens is 2. The number of allylic oxidation sites excluding steroid dienone is 1. The number of carbonyl (C=O) groups is 1. The molecule has 1 saturated carbocycles. The van der Waals surface area contributed by atoms with E-state index in [-0.39, 0.29) is 11.7 Å². The van der Waals surface area contributed by atoms with Crippen molar-refractivity contribution in [2.24, 2.45) is 17.3 Å². The number of rotatable bonds is 6. The minimum Gasteiger partial charge on any atom is -0.454 e. The molecule has 0 bridgehead atoms. The van der Waals surface area contributed by atoms with Crippen LogP contribution in [0.1, 0.15) is 25.5 Å². The zero-order chi connectivity index (χ0) is 20.3. The molecule has 0 N–H and O–H groups in total. The second kappa shape index (κ2) is 7.81. The van der Waals surface area contributed by atoms with Gasteiger partial charge in [0.15, 0.2) is 11.6 Å². The van der Waals surface area contributed by atoms with Gasteiger partial charge in [-0.1, -0.05) is 44.2 Å². The van der Waals surface area contributed by atoms with Crippen LogP contribution in [0.15, 0.2) is 60.9 Å². The molecular formula is C22H19F2NO3. The summed E-state index contributed by atoms with van der Waals surface area (Å²) in [5.74, 6) is -1.65. The molecule has 0 amide bonds. The lowest BCUT2D eigenvalue weighted by atomic mass is 10.1. The van der Waals surface area contributed by atoms with Gasteiger partial charge in [0.1, 0.15) is 11.8 Å². The number of carbonyl (C=O) groups excluding carboxylic acids is 1. The van der Waals surface area contributed by atoms with Crippen LogP contribution in [0.25, 0.3) is 0 Å². The Bertz CT molecular complexity index is 935. The first kappa shape index (κ1) is 19.6. The van der Waals surface area contributed by atoms with Gasteiger partial charge in [0.25, 0.3) is 0 Å². The van der Waals surface area contributed by atoms with E-state index in [1.54, 1.807) is 30.3 Å². The van der Waals surface area contributed by atoms with Gasteiger partial charge in [-0.25, -0.2) is 8.78 Å². The van der Waals surface area contributed by atoms with Crippen LogP contribution in [-0.2, 0) is 9.53 Å².